The van der Waals surface area contributed by atoms with E-state index >= 15 is 0 Å². The Morgan fingerprint density at radius 2 is 2.00 bits per heavy atom. The number of hydrogen-bond donors (Lipinski definition) is 1. The summed E-state index contributed by atoms with van der Waals surface area (Å²) in [5.41, 5.74) is 0.866. The molecular formula is C14H17ClO3. The van der Waals surface area contributed by atoms with Crippen LogP contribution in [0.5, 0.6) is 5.75 Å². The van der Waals surface area contributed by atoms with Crippen LogP contribution in [0.1, 0.15) is 48.0 Å². The Morgan fingerprint density at radius 3 is 2.61 bits per heavy atom. The highest BCUT2D eigenvalue weighted by Crippen LogP contribution is 2.30. The van der Waals surface area contributed by atoms with E-state index in [9.17, 15) is 4.79 Å². The topological polar surface area (TPSA) is 46.5 Å². The first-order chi connectivity index (χ1) is 8.58. The summed E-state index contributed by atoms with van der Waals surface area (Å²) in [6.45, 7) is 1.76. The van der Waals surface area contributed by atoms with Gasteiger partial charge < -0.3 is 9.84 Å². The fourth-order valence-corrected chi connectivity index (χ4v) is 2.57. The van der Waals surface area contributed by atoms with Crippen molar-refractivity contribution >= 4 is 17.6 Å². The lowest BCUT2D eigenvalue weighted by molar-refractivity contribution is 0.0694. The van der Waals surface area contributed by atoms with Gasteiger partial charge in [-0.1, -0.05) is 18.0 Å². The summed E-state index contributed by atoms with van der Waals surface area (Å²) in [6, 6.07) is 3.17. The maximum atomic E-state index is 11.1. The molecule has 3 nitrogen and oxygen atoms in total. The molecule has 0 radical (unpaired) electrons. The first kappa shape index (κ1) is 13.2. The van der Waals surface area contributed by atoms with E-state index in [-0.39, 0.29) is 11.7 Å². The van der Waals surface area contributed by atoms with Gasteiger partial charge in [0.25, 0.3) is 0 Å². The maximum absolute atomic E-state index is 11.1. The zero-order chi connectivity index (χ0) is 13.1. The number of ether oxygens (including phenoxy) is 1. The highest BCUT2D eigenvalue weighted by atomic mass is 35.5. The molecule has 0 bridgehead atoms. The third kappa shape index (κ3) is 2.96. The Labute approximate surface area is 112 Å². The Morgan fingerprint density at radius 1 is 1.33 bits per heavy atom. The predicted molar refractivity (Wildman–Crippen MR) is 70.6 cm³/mol. The Hall–Kier alpha value is -1.22. The summed E-state index contributed by atoms with van der Waals surface area (Å²) >= 11 is 5.94. The number of halogens is 1. The van der Waals surface area contributed by atoms with Crippen LogP contribution in [0.3, 0.4) is 0 Å². The Balaban J connectivity index is 2.23. The van der Waals surface area contributed by atoms with Gasteiger partial charge in [-0.2, -0.15) is 0 Å². The van der Waals surface area contributed by atoms with Gasteiger partial charge in [0.1, 0.15) is 5.75 Å². The second-order valence-electron chi connectivity index (χ2n) is 4.76. The fourth-order valence-electron chi connectivity index (χ4n) is 2.36. The molecule has 4 heteroatoms. The fraction of sp³-hybridized carbons (Fsp3) is 0.500. The molecule has 0 aromatic heterocycles. The number of rotatable bonds is 3. The lowest BCUT2D eigenvalue weighted by Gasteiger charge is -2.24. The quantitative estimate of drug-likeness (QED) is 0.899. The molecular weight excluding hydrogens is 252 g/mol. The SMILES string of the molecule is Cc1c(OC2CCCCC2)cc(Cl)cc1C(=O)O. The summed E-state index contributed by atoms with van der Waals surface area (Å²) in [4.78, 5) is 11.1. The Kier molecular flexibility index (Phi) is 4.12. The molecule has 1 aliphatic rings. The van der Waals surface area contributed by atoms with Crippen molar-refractivity contribution < 1.29 is 14.6 Å². The first-order valence-corrected chi connectivity index (χ1v) is 6.66. The van der Waals surface area contributed by atoms with Gasteiger partial charge in [-0.3, -0.25) is 0 Å². The minimum atomic E-state index is -0.969. The van der Waals surface area contributed by atoms with E-state index in [1.165, 1.54) is 25.3 Å². The predicted octanol–water partition coefficient (Wildman–Crippen LogP) is 4.06. The summed E-state index contributed by atoms with van der Waals surface area (Å²) < 4.78 is 5.91. The molecule has 1 aromatic carbocycles. The van der Waals surface area contributed by atoms with Gasteiger partial charge in [0, 0.05) is 10.6 Å². The molecule has 0 amide bonds. The maximum Gasteiger partial charge on any atom is 0.336 e. The van der Waals surface area contributed by atoms with Crippen LogP contribution in [0.2, 0.25) is 5.02 Å². The van der Waals surface area contributed by atoms with Gasteiger partial charge in [0.05, 0.1) is 11.7 Å². The lowest BCUT2D eigenvalue weighted by atomic mass is 9.97. The van der Waals surface area contributed by atoms with Crippen LogP contribution in [0.15, 0.2) is 12.1 Å². The van der Waals surface area contributed by atoms with E-state index in [0.29, 0.717) is 16.3 Å². The number of carboxylic acid groups (broad SMARTS) is 1. The molecule has 18 heavy (non-hydrogen) atoms. The second-order valence-corrected chi connectivity index (χ2v) is 5.20. The number of benzene rings is 1. The van der Waals surface area contributed by atoms with Gasteiger partial charge in [-0.05, 0) is 44.7 Å². The molecule has 1 N–H and O–H groups in total. The zero-order valence-electron chi connectivity index (χ0n) is 10.4. The van der Waals surface area contributed by atoms with Crippen LogP contribution in [-0.2, 0) is 0 Å². The minimum absolute atomic E-state index is 0.192. The van der Waals surface area contributed by atoms with Crippen LogP contribution in [0, 0.1) is 6.92 Å². The molecule has 0 heterocycles. The average Bonchev–Trinajstić information content (AvgIpc) is 2.34. The molecule has 2 rings (SSSR count). The van der Waals surface area contributed by atoms with Crippen LogP contribution >= 0.6 is 11.6 Å². The summed E-state index contributed by atoms with van der Waals surface area (Å²) in [6.07, 6.45) is 5.88. The molecule has 1 aliphatic carbocycles. The summed E-state index contributed by atoms with van der Waals surface area (Å²) in [5.74, 6) is -0.365. The van der Waals surface area contributed by atoms with Gasteiger partial charge in [0.15, 0.2) is 0 Å². The summed E-state index contributed by atoms with van der Waals surface area (Å²) in [5, 5.41) is 9.51. The van der Waals surface area contributed by atoms with E-state index in [1.54, 1.807) is 13.0 Å². The molecule has 0 saturated heterocycles. The largest absolute Gasteiger partial charge is 0.490 e. The standard InChI is InChI=1S/C14H17ClO3/c1-9-12(14(16)17)7-10(15)8-13(9)18-11-5-3-2-4-6-11/h7-8,11H,2-6H2,1H3,(H,16,17). The second kappa shape index (κ2) is 5.61. The molecule has 1 saturated carbocycles. The van der Waals surface area contributed by atoms with E-state index in [1.807, 2.05) is 0 Å². The number of carboxylic acids is 1. The monoisotopic (exact) mass is 268 g/mol. The third-order valence-corrected chi connectivity index (χ3v) is 3.62. The molecule has 0 unspecified atom stereocenters. The van der Waals surface area contributed by atoms with Crippen molar-refractivity contribution in [2.75, 3.05) is 0 Å². The number of aromatic carboxylic acids is 1. The number of carbonyl (C=O) groups is 1. The van der Waals surface area contributed by atoms with Crippen molar-refractivity contribution in [3.63, 3.8) is 0 Å². The van der Waals surface area contributed by atoms with Crippen LogP contribution in [-0.4, -0.2) is 17.2 Å². The van der Waals surface area contributed by atoms with Crippen LogP contribution in [0.25, 0.3) is 0 Å². The molecule has 0 spiro atoms. The highest BCUT2D eigenvalue weighted by molar-refractivity contribution is 6.31. The van der Waals surface area contributed by atoms with Crippen LogP contribution in [0.4, 0.5) is 0 Å². The average molecular weight is 269 g/mol. The summed E-state index contributed by atoms with van der Waals surface area (Å²) in [7, 11) is 0. The normalized spacial score (nSPS) is 16.6. The van der Waals surface area contributed by atoms with E-state index in [0.717, 1.165) is 12.8 Å². The van der Waals surface area contributed by atoms with Crippen molar-refractivity contribution in [1.29, 1.82) is 0 Å². The molecule has 1 fully saturated rings. The minimum Gasteiger partial charge on any atom is -0.490 e. The van der Waals surface area contributed by atoms with Crippen molar-refractivity contribution in [1.82, 2.24) is 0 Å². The van der Waals surface area contributed by atoms with E-state index < -0.39 is 5.97 Å². The number of hydrogen-bond acceptors (Lipinski definition) is 2. The van der Waals surface area contributed by atoms with Gasteiger partial charge in [0.2, 0.25) is 0 Å². The van der Waals surface area contributed by atoms with Gasteiger partial charge >= 0.3 is 5.97 Å². The molecule has 1 aromatic rings. The van der Waals surface area contributed by atoms with Crippen molar-refractivity contribution in [3.05, 3.63) is 28.3 Å². The third-order valence-electron chi connectivity index (χ3n) is 3.40. The van der Waals surface area contributed by atoms with Crippen molar-refractivity contribution in [2.45, 2.75) is 45.1 Å². The molecule has 98 valence electrons. The highest BCUT2D eigenvalue weighted by Gasteiger charge is 2.19. The van der Waals surface area contributed by atoms with Gasteiger partial charge in [-0.25, -0.2) is 4.79 Å². The molecule has 0 aliphatic heterocycles. The van der Waals surface area contributed by atoms with E-state index in [2.05, 4.69) is 0 Å². The van der Waals surface area contributed by atoms with Crippen LogP contribution < -0.4 is 4.74 Å². The Bertz CT molecular complexity index is 451. The van der Waals surface area contributed by atoms with Crippen molar-refractivity contribution in [3.8, 4) is 5.75 Å². The van der Waals surface area contributed by atoms with Crippen molar-refractivity contribution in [2.24, 2.45) is 0 Å². The zero-order valence-corrected chi connectivity index (χ0v) is 11.2. The smallest absolute Gasteiger partial charge is 0.336 e. The van der Waals surface area contributed by atoms with Gasteiger partial charge in [-0.15, -0.1) is 0 Å². The lowest BCUT2D eigenvalue weighted by Crippen LogP contribution is -2.20. The molecule has 0 atom stereocenters. The first-order valence-electron chi connectivity index (χ1n) is 6.28. The van der Waals surface area contributed by atoms with E-state index in [4.69, 9.17) is 21.4 Å².